The number of likely N-dealkylation sites (tertiary alicyclic amines) is 1. The third-order valence-electron chi connectivity index (χ3n) is 14.2. The minimum absolute atomic E-state index is 0.000667. The average molecular weight is 1060 g/mol. The van der Waals surface area contributed by atoms with Gasteiger partial charge in [0.2, 0.25) is 17.7 Å². The molecule has 16 nitrogen and oxygen atoms in total. The molecule has 1 saturated heterocycles. The van der Waals surface area contributed by atoms with Gasteiger partial charge < -0.3 is 35.1 Å². The van der Waals surface area contributed by atoms with Crippen molar-refractivity contribution in [2.45, 2.75) is 123 Å². The largest absolute Gasteiger partial charge is 0.490 e. The van der Waals surface area contributed by atoms with Crippen LogP contribution in [0.2, 0.25) is 5.02 Å². The number of aliphatic hydroxyl groups is 1. The van der Waals surface area contributed by atoms with Crippen molar-refractivity contribution in [3.05, 3.63) is 134 Å². The van der Waals surface area contributed by atoms with Crippen molar-refractivity contribution in [1.82, 2.24) is 40.6 Å². The van der Waals surface area contributed by atoms with E-state index in [4.69, 9.17) is 25.7 Å². The van der Waals surface area contributed by atoms with Gasteiger partial charge in [-0.25, -0.2) is 4.98 Å². The van der Waals surface area contributed by atoms with Crippen LogP contribution in [0.15, 0.2) is 87.7 Å². The van der Waals surface area contributed by atoms with Crippen LogP contribution in [0.4, 0.5) is 0 Å². The summed E-state index contributed by atoms with van der Waals surface area (Å²) in [6.07, 6.45) is 0.228. The highest BCUT2D eigenvalue weighted by atomic mass is 35.5. The molecule has 3 aliphatic rings. The summed E-state index contributed by atoms with van der Waals surface area (Å²) in [6, 6.07) is 19.4. The maximum absolute atomic E-state index is 14.4. The van der Waals surface area contributed by atoms with Crippen LogP contribution < -0.4 is 20.7 Å². The number of aromatic nitrogens is 4. The van der Waals surface area contributed by atoms with Gasteiger partial charge >= 0.3 is 0 Å². The van der Waals surface area contributed by atoms with Gasteiger partial charge in [-0.15, -0.1) is 32.9 Å². The number of nitrogens with one attached hydrogen (secondary N) is 3. The van der Waals surface area contributed by atoms with Crippen LogP contribution in [0, 0.1) is 33.1 Å². The number of fused-ring (bicyclic) bond motifs is 4. The first-order chi connectivity index (χ1) is 35.3. The summed E-state index contributed by atoms with van der Waals surface area (Å²) in [6.45, 7) is 15.4. The first-order valence-electron chi connectivity index (χ1n) is 24.8. The van der Waals surface area contributed by atoms with Crippen molar-refractivity contribution in [3.8, 4) is 21.2 Å². The predicted molar refractivity (Wildman–Crippen MR) is 285 cm³/mol. The van der Waals surface area contributed by atoms with Gasteiger partial charge in [-0.3, -0.25) is 28.7 Å². The first-order valence-corrected chi connectivity index (χ1v) is 26.8. The Kier molecular flexibility index (Phi) is 13.9. The van der Waals surface area contributed by atoms with Crippen molar-refractivity contribution in [2.24, 2.45) is 10.4 Å². The number of halogens is 1. The monoisotopic (exact) mass is 1060 g/mol. The zero-order valence-electron chi connectivity index (χ0n) is 42.4. The van der Waals surface area contributed by atoms with E-state index in [1.165, 1.54) is 4.90 Å². The lowest BCUT2D eigenvalue weighted by Gasteiger charge is -2.36. The summed E-state index contributed by atoms with van der Waals surface area (Å²) in [5.41, 5.74) is 8.13. The van der Waals surface area contributed by atoms with Crippen molar-refractivity contribution in [2.75, 3.05) is 6.54 Å². The Labute approximate surface area is 441 Å². The Hall–Kier alpha value is -6.73. The molecule has 1 unspecified atom stereocenters. The lowest BCUT2D eigenvalue weighted by molar-refractivity contribution is -0.142. The number of amides is 4. The Balaban J connectivity index is 0.754. The molecule has 0 bridgehead atoms. The Morgan fingerprint density at radius 3 is 2.36 bits per heavy atom. The molecule has 2 fully saturated rings. The summed E-state index contributed by atoms with van der Waals surface area (Å²) in [5, 5.41) is 31.1. The number of thiophene rings is 1. The highest BCUT2D eigenvalue weighted by molar-refractivity contribution is 7.15. The van der Waals surface area contributed by atoms with Crippen LogP contribution in [0.3, 0.4) is 0 Å². The number of rotatable bonds is 13. The summed E-state index contributed by atoms with van der Waals surface area (Å²) < 4.78 is 14.4. The smallest absolute Gasteiger partial charge is 0.287 e. The molecule has 6 heterocycles. The van der Waals surface area contributed by atoms with Gasteiger partial charge in [0.1, 0.15) is 46.4 Å². The van der Waals surface area contributed by atoms with Crippen LogP contribution in [-0.4, -0.2) is 96.0 Å². The minimum atomic E-state index is -1.06. The van der Waals surface area contributed by atoms with Crippen LogP contribution in [0.25, 0.3) is 26.4 Å². The quantitative estimate of drug-likeness (QED) is 0.0862. The molecule has 0 spiro atoms. The van der Waals surface area contributed by atoms with Crippen molar-refractivity contribution >= 4 is 74.6 Å². The molecule has 10 rings (SSSR count). The Morgan fingerprint density at radius 2 is 1.66 bits per heavy atom. The lowest BCUT2D eigenvalue weighted by atomic mass is 9.85. The van der Waals surface area contributed by atoms with Gasteiger partial charge in [-0.05, 0) is 87.1 Å². The van der Waals surface area contributed by atoms with E-state index in [0.717, 1.165) is 59.8 Å². The summed E-state index contributed by atoms with van der Waals surface area (Å²) in [4.78, 5) is 69.0. The van der Waals surface area contributed by atoms with E-state index >= 15 is 0 Å². The SMILES string of the molecule is Cc1ncsc1-c1ccc([C@H](C)NC(=O)C2C[C@@H](O)CN2C(=O)[C@@H](NC(=O)c2cc3ccc(O[C@H]4C[C@@H](NC(=O)C[C@@H]5N=C(c6ccc(Cl)cc6)c6c(sc(C)c6C)-n6c(C)nnc65)C4)cc3o2)C(C)(C)C)cc1. The van der Waals surface area contributed by atoms with Gasteiger partial charge in [-0.2, -0.15) is 0 Å². The fourth-order valence-electron chi connectivity index (χ4n) is 9.98. The number of carbonyl (C=O) groups excluding carboxylic acids is 4. The Bertz CT molecular complexity index is 3330. The molecule has 2 aliphatic heterocycles. The van der Waals surface area contributed by atoms with E-state index in [2.05, 4.69) is 45.0 Å². The lowest BCUT2D eigenvalue weighted by Crippen LogP contribution is -2.57. The maximum atomic E-state index is 14.4. The molecular weight excluding hydrogens is 998 g/mol. The topological polar surface area (TPSA) is 206 Å². The molecule has 5 atom stereocenters. The second kappa shape index (κ2) is 20.2. The molecule has 4 amide bonds. The molecule has 384 valence electrons. The van der Waals surface area contributed by atoms with E-state index in [1.54, 1.807) is 46.9 Å². The number of nitrogens with zero attached hydrogens (tertiary/aromatic N) is 6. The number of carbonyl (C=O) groups is 4. The molecule has 1 saturated carbocycles. The molecule has 7 aromatic rings. The van der Waals surface area contributed by atoms with Gasteiger partial charge in [0, 0.05) is 64.3 Å². The number of furan rings is 1. The van der Waals surface area contributed by atoms with Gasteiger partial charge in [0.25, 0.3) is 5.91 Å². The molecule has 4 N–H and O–H groups in total. The highest BCUT2D eigenvalue weighted by Crippen LogP contribution is 2.40. The number of hydrogen-bond acceptors (Lipinski definition) is 13. The van der Waals surface area contributed by atoms with Gasteiger partial charge in [0.05, 0.1) is 40.4 Å². The van der Waals surface area contributed by atoms with Crippen LogP contribution in [0.5, 0.6) is 5.75 Å². The third kappa shape index (κ3) is 10.1. The van der Waals surface area contributed by atoms with E-state index in [9.17, 15) is 24.3 Å². The fourth-order valence-corrected chi connectivity index (χ4v) is 12.1. The third-order valence-corrected chi connectivity index (χ3v) is 16.7. The number of aryl methyl sites for hydroxylation is 3. The number of ether oxygens (including phenoxy) is 1. The first kappa shape index (κ1) is 50.8. The molecule has 0 radical (unpaired) electrons. The number of thiazole rings is 1. The second-order valence-corrected chi connectivity index (χ2v) is 23.2. The number of benzene rings is 3. The highest BCUT2D eigenvalue weighted by Gasteiger charge is 2.45. The molecule has 19 heteroatoms. The average Bonchev–Trinajstić information content (AvgIpc) is 4.19. The maximum Gasteiger partial charge on any atom is 0.287 e. The molecular formula is C55H58ClN9O7S2. The zero-order valence-corrected chi connectivity index (χ0v) is 44.7. The normalized spacial score (nSPS) is 20.2. The van der Waals surface area contributed by atoms with E-state index < -0.39 is 47.4 Å². The fraction of sp³-hybridized carbons (Fsp3) is 0.382. The minimum Gasteiger partial charge on any atom is -0.490 e. The number of β-amino-alcohol motifs (C(OH)–C–C–N with tert-alkyl or cyclic N) is 1. The Morgan fingerprint density at radius 1 is 0.932 bits per heavy atom. The van der Waals surface area contributed by atoms with E-state index in [0.29, 0.717) is 40.4 Å². The van der Waals surface area contributed by atoms with E-state index in [1.807, 2.05) is 100 Å². The van der Waals surface area contributed by atoms with E-state index in [-0.39, 0.29) is 49.2 Å². The molecule has 4 aromatic heterocycles. The molecule has 74 heavy (non-hydrogen) atoms. The van der Waals surface area contributed by atoms with Gasteiger partial charge in [-0.1, -0.05) is 68.8 Å². The molecule has 1 aliphatic carbocycles. The number of aliphatic imine (C=N–C) groups is 1. The van der Waals surface area contributed by atoms with Crippen LogP contribution in [0.1, 0.15) is 120 Å². The summed E-state index contributed by atoms with van der Waals surface area (Å²) >= 11 is 9.51. The summed E-state index contributed by atoms with van der Waals surface area (Å²) in [7, 11) is 0. The van der Waals surface area contributed by atoms with Crippen LogP contribution in [-0.2, 0) is 14.4 Å². The second-order valence-electron chi connectivity index (χ2n) is 20.7. The standard InChI is InChI=1S/C55H58ClN9O7S2/c1-27-30(4)74-54-46(27)47(33-13-16-36(56)17-14-33)60-41(50-63-62-31(5)65(50)54)24-45(67)59-37-20-40(21-37)71-39-18-15-35-19-44(72-43(35)23-39)52(69)61-49(55(6,7)8)53(70)64-25-38(66)22-42(64)51(68)58-28(2)32-9-11-34(12-10-32)48-29(3)57-26-73-48/h9-19,23,26,28,37-38,40-42,49,66H,20-22,24-25H2,1-8H3,(H,58,68)(H,59,67)(H,61,69)/t28-,37-,38+,40+,41-,42?,49+/m0/s1. The van der Waals surface area contributed by atoms with Gasteiger partial charge in [0.15, 0.2) is 11.6 Å². The summed E-state index contributed by atoms with van der Waals surface area (Å²) in [5.74, 6) is 0.238. The number of hydrogen-bond donors (Lipinski definition) is 4. The van der Waals surface area contributed by atoms with Crippen LogP contribution >= 0.6 is 34.3 Å². The molecule has 3 aromatic carbocycles. The predicted octanol–water partition coefficient (Wildman–Crippen LogP) is 9.08. The van der Waals surface area contributed by atoms with Crippen molar-refractivity contribution in [3.63, 3.8) is 0 Å². The number of aliphatic hydroxyl groups excluding tert-OH is 1. The van der Waals surface area contributed by atoms with Crippen molar-refractivity contribution < 1.29 is 33.4 Å². The zero-order chi connectivity index (χ0) is 52.3. The van der Waals surface area contributed by atoms with Crippen molar-refractivity contribution in [1.29, 1.82) is 0 Å².